The summed E-state index contributed by atoms with van der Waals surface area (Å²) in [5.41, 5.74) is 0.196. The van der Waals surface area contributed by atoms with E-state index in [1.165, 1.54) is 37.1 Å². The maximum Gasteiger partial charge on any atom is 0.264 e. The first-order chi connectivity index (χ1) is 12.7. The van der Waals surface area contributed by atoms with Crippen LogP contribution in [0.3, 0.4) is 0 Å². The highest BCUT2D eigenvalue weighted by atomic mass is 32.2. The van der Waals surface area contributed by atoms with Gasteiger partial charge in [0.1, 0.15) is 17.3 Å². The number of thioether (sulfide) groups is 1. The molecular weight excluding hydrogens is 353 g/mol. The third-order valence-electron chi connectivity index (χ3n) is 4.28. The summed E-state index contributed by atoms with van der Waals surface area (Å²) < 4.78 is 19.6. The molecule has 2 saturated heterocycles. The molecule has 26 heavy (non-hydrogen) atoms. The Morgan fingerprint density at radius 2 is 1.96 bits per heavy atom. The average Bonchev–Trinajstić information content (AvgIpc) is 3.25. The van der Waals surface area contributed by atoms with Gasteiger partial charge in [0.2, 0.25) is 0 Å². The highest BCUT2D eigenvalue weighted by Crippen LogP contribution is 2.30. The molecule has 1 aromatic carbocycles. The van der Waals surface area contributed by atoms with Gasteiger partial charge < -0.3 is 14.6 Å². The zero-order valence-corrected chi connectivity index (χ0v) is 14.9. The van der Waals surface area contributed by atoms with Crippen LogP contribution in [-0.2, 0) is 4.79 Å². The summed E-state index contributed by atoms with van der Waals surface area (Å²) in [5.74, 6) is 0.765. The number of piperidine rings is 1. The molecule has 0 radical (unpaired) electrons. The number of aliphatic imine (C=N–C) groups is 1. The lowest BCUT2D eigenvalue weighted by Gasteiger charge is -2.25. The van der Waals surface area contributed by atoms with Crippen LogP contribution in [-0.4, -0.2) is 24.2 Å². The second-order valence-corrected chi connectivity index (χ2v) is 7.19. The Hall–Kier alpha value is -2.54. The number of benzene rings is 1. The molecule has 2 aliphatic heterocycles. The number of para-hydroxylation sites is 1. The number of carbonyl (C=O) groups excluding carboxylic acids is 1. The Labute approximate surface area is 155 Å². The van der Waals surface area contributed by atoms with Gasteiger partial charge in [0.15, 0.2) is 11.1 Å². The van der Waals surface area contributed by atoms with Gasteiger partial charge in [-0.1, -0.05) is 12.1 Å². The van der Waals surface area contributed by atoms with Crippen molar-refractivity contribution in [1.82, 2.24) is 5.32 Å². The molecule has 0 bridgehead atoms. The Bertz CT molecular complexity index is 884. The second kappa shape index (κ2) is 7.37. The lowest BCUT2D eigenvalue weighted by molar-refractivity contribution is -0.115. The summed E-state index contributed by atoms with van der Waals surface area (Å²) in [6, 6.07) is 9.99. The molecule has 0 unspecified atom stereocenters. The van der Waals surface area contributed by atoms with Crippen molar-refractivity contribution in [2.75, 3.05) is 18.0 Å². The molecule has 2 fully saturated rings. The van der Waals surface area contributed by atoms with Crippen LogP contribution in [0.15, 0.2) is 50.7 Å². The first kappa shape index (κ1) is 16.9. The Morgan fingerprint density at radius 3 is 2.77 bits per heavy atom. The molecule has 134 valence electrons. The fourth-order valence-corrected chi connectivity index (χ4v) is 3.78. The maximum absolute atomic E-state index is 13.7. The Kier molecular flexibility index (Phi) is 4.79. The van der Waals surface area contributed by atoms with Crippen LogP contribution in [0.25, 0.3) is 6.08 Å². The van der Waals surface area contributed by atoms with Crippen LogP contribution in [0, 0.1) is 5.82 Å². The van der Waals surface area contributed by atoms with E-state index < -0.39 is 5.82 Å². The van der Waals surface area contributed by atoms with Gasteiger partial charge in [-0.3, -0.25) is 4.79 Å². The zero-order valence-electron chi connectivity index (χ0n) is 14.1. The number of amidine groups is 1. The molecule has 2 aliphatic rings. The highest BCUT2D eigenvalue weighted by Gasteiger charge is 2.25. The van der Waals surface area contributed by atoms with Crippen molar-refractivity contribution in [2.24, 2.45) is 4.99 Å². The number of nitrogens with zero attached hydrogens (tertiary/aromatic N) is 2. The lowest BCUT2D eigenvalue weighted by atomic mass is 10.1. The van der Waals surface area contributed by atoms with Gasteiger partial charge in [0.05, 0.1) is 4.91 Å². The maximum atomic E-state index is 13.7. The molecular formula is C19H18FN3O2S. The van der Waals surface area contributed by atoms with Crippen molar-refractivity contribution in [3.05, 3.63) is 52.9 Å². The van der Waals surface area contributed by atoms with E-state index in [1.807, 2.05) is 12.1 Å². The number of anilines is 1. The van der Waals surface area contributed by atoms with E-state index in [0.29, 0.717) is 15.8 Å². The van der Waals surface area contributed by atoms with E-state index in [9.17, 15) is 9.18 Å². The van der Waals surface area contributed by atoms with Crippen molar-refractivity contribution in [3.63, 3.8) is 0 Å². The minimum Gasteiger partial charge on any atom is -0.441 e. The third kappa shape index (κ3) is 3.67. The summed E-state index contributed by atoms with van der Waals surface area (Å²) in [7, 11) is 0. The van der Waals surface area contributed by atoms with Gasteiger partial charge in [-0.25, -0.2) is 9.38 Å². The number of halogens is 1. The predicted molar refractivity (Wildman–Crippen MR) is 102 cm³/mol. The SMILES string of the molecule is O=C1NC(=Nc2ccccc2F)S/C1=C\c1ccc(N2CCCCC2)o1. The van der Waals surface area contributed by atoms with Crippen LogP contribution < -0.4 is 10.2 Å². The summed E-state index contributed by atoms with van der Waals surface area (Å²) >= 11 is 1.17. The monoisotopic (exact) mass is 371 g/mol. The Morgan fingerprint density at radius 1 is 1.15 bits per heavy atom. The van der Waals surface area contributed by atoms with E-state index in [0.717, 1.165) is 19.0 Å². The Balaban J connectivity index is 1.50. The fraction of sp³-hybridized carbons (Fsp3) is 0.263. The lowest BCUT2D eigenvalue weighted by Crippen LogP contribution is -2.28. The minimum absolute atomic E-state index is 0.196. The number of hydrogen-bond acceptors (Lipinski definition) is 5. The summed E-state index contributed by atoms with van der Waals surface area (Å²) in [5, 5.41) is 3.01. The standard InChI is InChI=1S/C19H18FN3O2S/c20-14-6-2-3-7-15(14)21-19-22-18(24)16(26-19)12-13-8-9-17(25-13)23-10-4-1-5-11-23/h2-3,6-9,12H,1,4-5,10-11H2,(H,21,22,24)/b16-12-. The van der Waals surface area contributed by atoms with Crippen molar-refractivity contribution in [1.29, 1.82) is 0 Å². The van der Waals surface area contributed by atoms with Crippen molar-refractivity contribution in [2.45, 2.75) is 19.3 Å². The van der Waals surface area contributed by atoms with Gasteiger partial charge in [-0.05, 0) is 49.2 Å². The van der Waals surface area contributed by atoms with Gasteiger partial charge in [-0.2, -0.15) is 0 Å². The van der Waals surface area contributed by atoms with Crippen LogP contribution >= 0.6 is 11.8 Å². The van der Waals surface area contributed by atoms with Crippen LogP contribution in [0.2, 0.25) is 0 Å². The van der Waals surface area contributed by atoms with Gasteiger partial charge in [0, 0.05) is 25.2 Å². The molecule has 4 rings (SSSR count). The number of hydrogen-bond donors (Lipinski definition) is 1. The molecule has 7 heteroatoms. The molecule has 0 saturated carbocycles. The smallest absolute Gasteiger partial charge is 0.264 e. The van der Waals surface area contributed by atoms with E-state index in [4.69, 9.17) is 4.42 Å². The molecule has 0 atom stereocenters. The summed E-state index contributed by atoms with van der Waals surface area (Å²) in [4.78, 5) is 19.0. The fourth-order valence-electron chi connectivity index (χ4n) is 2.97. The highest BCUT2D eigenvalue weighted by molar-refractivity contribution is 8.18. The summed E-state index contributed by atoms with van der Waals surface area (Å²) in [6.45, 7) is 2.00. The number of nitrogens with one attached hydrogen (secondary N) is 1. The van der Waals surface area contributed by atoms with E-state index in [-0.39, 0.29) is 11.6 Å². The summed E-state index contributed by atoms with van der Waals surface area (Å²) in [6.07, 6.45) is 5.29. The normalized spacial score (nSPS) is 20.8. The van der Waals surface area contributed by atoms with Crippen molar-refractivity contribution in [3.8, 4) is 0 Å². The first-order valence-electron chi connectivity index (χ1n) is 8.58. The van der Waals surface area contributed by atoms with E-state index in [2.05, 4.69) is 15.2 Å². The average molecular weight is 371 g/mol. The van der Waals surface area contributed by atoms with E-state index >= 15 is 0 Å². The number of amides is 1. The van der Waals surface area contributed by atoms with Crippen LogP contribution in [0.4, 0.5) is 16.0 Å². The second-order valence-electron chi connectivity index (χ2n) is 6.16. The zero-order chi connectivity index (χ0) is 17.9. The third-order valence-corrected chi connectivity index (χ3v) is 5.19. The quantitative estimate of drug-likeness (QED) is 0.818. The number of rotatable bonds is 3. The molecule has 1 N–H and O–H groups in total. The molecule has 2 aromatic rings. The van der Waals surface area contributed by atoms with E-state index in [1.54, 1.807) is 24.3 Å². The minimum atomic E-state index is -0.426. The molecule has 1 aromatic heterocycles. The number of furan rings is 1. The molecule has 3 heterocycles. The number of carbonyl (C=O) groups is 1. The van der Waals surface area contributed by atoms with Gasteiger partial charge in [-0.15, -0.1) is 0 Å². The van der Waals surface area contributed by atoms with Crippen LogP contribution in [0.1, 0.15) is 25.0 Å². The van der Waals surface area contributed by atoms with Gasteiger partial charge in [0.25, 0.3) is 5.91 Å². The first-order valence-corrected chi connectivity index (χ1v) is 9.39. The van der Waals surface area contributed by atoms with Crippen LogP contribution in [0.5, 0.6) is 0 Å². The molecule has 0 spiro atoms. The van der Waals surface area contributed by atoms with Crippen molar-refractivity contribution >= 4 is 40.5 Å². The molecule has 0 aliphatic carbocycles. The topological polar surface area (TPSA) is 57.8 Å². The van der Waals surface area contributed by atoms with Crippen molar-refractivity contribution < 1.29 is 13.6 Å². The van der Waals surface area contributed by atoms with Gasteiger partial charge >= 0.3 is 0 Å². The molecule has 5 nitrogen and oxygen atoms in total. The predicted octanol–water partition coefficient (Wildman–Crippen LogP) is 4.30. The largest absolute Gasteiger partial charge is 0.441 e. The molecule has 1 amide bonds.